The van der Waals surface area contributed by atoms with Crippen molar-refractivity contribution >= 4 is 17.6 Å². The molecule has 0 aromatic carbocycles. The number of hydrogen-bond acceptors (Lipinski definition) is 6. The zero-order valence-electron chi connectivity index (χ0n) is 8.16. The SMILES string of the molecule is COC(=O)c1cnn(-c2cnnc(Cl)c2)n1. The fourth-order valence-electron chi connectivity index (χ4n) is 1.03. The Hall–Kier alpha value is -2.02. The first-order valence-corrected chi connectivity index (χ1v) is 4.58. The lowest BCUT2D eigenvalue weighted by molar-refractivity contribution is 0.0593. The molecule has 0 amide bonds. The normalized spacial score (nSPS) is 10.1. The smallest absolute Gasteiger partial charge is 0.360 e. The van der Waals surface area contributed by atoms with Crippen LogP contribution in [0.5, 0.6) is 0 Å². The molecule has 2 aromatic rings. The third-order valence-electron chi connectivity index (χ3n) is 1.73. The van der Waals surface area contributed by atoms with E-state index in [2.05, 4.69) is 25.1 Å². The molecule has 7 nitrogen and oxygen atoms in total. The average Bonchev–Trinajstić information content (AvgIpc) is 2.77. The van der Waals surface area contributed by atoms with Gasteiger partial charge in [0.2, 0.25) is 0 Å². The van der Waals surface area contributed by atoms with Crippen LogP contribution in [0.15, 0.2) is 18.5 Å². The number of nitrogens with zero attached hydrogens (tertiary/aromatic N) is 5. The summed E-state index contributed by atoms with van der Waals surface area (Å²) in [7, 11) is 1.27. The van der Waals surface area contributed by atoms with Gasteiger partial charge in [0.1, 0.15) is 5.69 Å². The lowest BCUT2D eigenvalue weighted by Gasteiger charge is -1.97. The van der Waals surface area contributed by atoms with Crippen LogP contribution in [0.25, 0.3) is 5.69 Å². The molecular formula is C8H6ClN5O2. The van der Waals surface area contributed by atoms with Gasteiger partial charge in [-0.2, -0.15) is 10.2 Å². The van der Waals surface area contributed by atoms with E-state index in [-0.39, 0.29) is 10.8 Å². The van der Waals surface area contributed by atoms with Gasteiger partial charge in [0.15, 0.2) is 10.8 Å². The van der Waals surface area contributed by atoms with Gasteiger partial charge in [-0.1, -0.05) is 11.6 Å². The van der Waals surface area contributed by atoms with E-state index in [4.69, 9.17) is 11.6 Å². The molecule has 2 aromatic heterocycles. The standard InChI is InChI=1S/C8H6ClN5O2/c1-16-8(15)6-4-11-14(13-6)5-2-7(9)12-10-3-5/h2-4H,1H3. The minimum Gasteiger partial charge on any atom is -0.464 e. The summed E-state index contributed by atoms with van der Waals surface area (Å²) in [5.41, 5.74) is 0.616. The predicted octanol–water partition coefficient (Wildman–Crippen LogP) is 0.497. The van der Waals surface area contributed by atoms with Crippen LogP contribution >= 0.6 is 11.6 Å². The van der Waals surface area contributed by atoms with Crippen molar-refractivity contribution in [1.29, 1.82) is 0 Å². The Balaban J connectivity index is 2.35. The maximum absolute atomic E-state index is 11.1. The summed E-state index contributed by atoms with van der Waals surface area (Å²) in [6.45, 7) is 0. The van der Waals surface area contributed by atoms with E-state index in [1.165, 1.54) is 30.4 Å². The lowest BCUT2D eigenvalue weighted by Crippen LogP contribution is -2.05. The fraction of sp³-hybridized carbons (Fsp3) is 0.125. The minimum atomic E-state index is -0.556. The van der Waals surface area contributed by atoms with Crippen molar-refractivity contribution in [1.82, 2.24) is 25.2 Å². The van der Waals surface area contributed by atoms with E-state index in [1.54, 1.807) is 0 Å². The minimum absolute atomic E-state index is 0.107. The van der Waals surface area contributed by atoms with Crippen molar-refractivity contribution in [3.63, 3.8) is 0 Å². The van der Waals surface area contributed by atoms with E-state index < -0.39 is 5.97 Å². The van der Waals surface area contributed by atoms with Gasteiger partial charge in [-0.3, -0.25) is 0 Å². The van der Waals surface area contributed by atoms with E-state index in [0.29, 0.717) is 5.69 Å². The van der Waals surface area contributed by atoms with Crippen molar-refractivity contribution < 1.29 is 9.53 Å². The van der Waals surface area contributed by atoms with Gasteiger partial charge in [-0.05, 0) is 0 Å². The second-order valence-corrected chi connectivity index (χ2v) is 3.13. The Labute approximate surface area is 95.0 Å². The summed E-state index contributed by atoms with van der Waals surface area (Å²) in [5, 5.41) is 15.2. The van der Waals surface area contributed by atoms with Crippen LogP contribution in [0.3, 0.4) is 0 Å². The highest BCUT2D eigenvalue weighted by Gasteiger charge is 2.11. The largest absolute Gasteiger partial charge is 0.464 e. The van der Waals surface area contributed by atoms with Crippen LogP contribution in [-0.4, -0.2) is 38.3 Å². The zero-order chi connectivity index (χ0) is 11.5. The lowest BCUT2D eigenvalue weighted by atomic mass is 10.5. The Morgan fingerprint density at radius 1 is 1.50 bits per heavy atom. The van der Waals surface area contributed by atoms with Gasteiger partial charge < -0.3 is 4.74 Å². The molecule has 0 atom stereocenters. The first-order chi connectivity index (χ1) is 7.70. The molecule has 0 saturated heterocycles. The highest BCUT2D eigenvalue weighted by molar-refractivity contribution is 6.29. The molecule has 0 radical (unpaired) electrons. The van der Waals surface area contributed by atoms with Crippen molar-refractivity contribution in [2.75, 3.05) is 7.11 Å². The third kappa shape index (κ3) is 1.98. The number of halogens is 1. The second kappa shape index (κ2) is 4.23. The molecule has 0 saturated carbocycles. The maximum Gasteiger partial charge on any atom is 0.360 e. The van der Waals surface area contributed by atoms with Crippen molar-refractivity contribution in [3.05, 3.63) is 29.3 Å². The second-order valence-electron chi connectivity index (χ2n) is 2.75. The van der Waals surface area contributed by atoms with E-state index in [0.717, 1.165) is 0 Å². The maximum atomic E-state index is 11.1. The zero-order valence-corrected chi connectivity index (χ0v) is 8.92. The highest BCUT2D eigenvalue weighted by Crippen LogP contribution is 2.08. The van der Waals surface area contributed by atoms with Crippen LogP contribution in [0, 0.1) is 0 Å². The summed E-state index contributed by atoms with van der Waals surface area (Å²) in [6, 6.07) is 1.52. The number of carbonyl (C=O) groups is 1. The number of methoxy groups -OCH3 is 1. The van der Waals surface area contributed by atoms with Crippen molar-refractivity contribution in [3.8, 4) is 5.69 Å². The van der Waals surface area contributed by atoms with Crippen LogP contribution < -0.4 is 0 Å². The highest BCUT2D eigenvalue weighted by atomic mass is 35.5. The first kappa shape index (κ1) is 10.5. The fourth-order valence-corrected chi connectivity index (χ4v) is 1.18. The van der Waals surface area contributed by atoms with Crippen LogP contribution in [-0.2, 0) is 4.74 Å². The van der Waals surface area contributed by atoms with Gasteiger partial charge in [0.05, 0.1) is 19.5 Å². The molecule has 16 heavy (non-hydrogen) atoms. The van der Waals surface area contributed by atoms with E-state index in [9.17, 15) is 4.79 Å². The molecule has 0 aliphatic rings. The summed E-state index contributed by atoms with van der Waals surface area (Å²) in [6.07, 6.45) is 2.72. The summed E-state index contributed by atoms with van der Waals surface area (Å²) in [4.78, 5) is 12.3. The molecule has 0 unspecified atom stereocenters. The molecule has 0 aliphatic carbocycles. The average molecular weight is 240 g/mol. The third-order valence-corrected chi connectivity index (χ3v) is 1.91. The molecule has 0 N–H and O–H groups in total. The molecule has 0 aliphatic heterocycles. The number of aromatic nitrogens is 5. The monoisotopic (exact) mass is 239 g/mol. The van der Waals surface area contributed by atoms with E-state index in [1.807, 2.05) is 0 Å². The molecule has 2 rings (SSSR count). The first-order valence-electron chi connectivity index (χ1n) is 4.20. The Bertz CT molecular complexity index is 527. The molecule has 0 fully saturated rings. The molecule has 0 spiro atoms. The Morgan fingerprint density at radius 3 is 3.00 bits per heavy atom. The number of rotatable bonds is 2. The number of ether oxygens (including phenoxy) is 1. The van der Waals surface area contributed by atoms with E-state index >= 15 is 0 Å². The van der Waals surface area contributed by atoms with Gasteiger partial charge in [-0.25, -0.2) is 4.79 Å². The summed E-state index contributed by atoms with van der Waals surface area (Å²) < 4.78 is 4.50. The summed E-state index contributed by atoms with van der Waals surface area (Å²) >= 11 is 5.66. The van der Waals surface area contributed by atoms with Gasteiger partial charge in [0, 0.05) is 6.07 Å². The number of hydrogen-bond donors (Lipinski definition) is 0. The van der Waals surface area contributed by atoms with Gasteiger partial charge in [0.25, 0.3) is 0 Å². The van der Waals surface area contributed by atoms with Gasteiger partial charge >= 0.3 is 5.97 Å². The molecule has 2 heterocycles. The summed E-state index contributed by atoms with van der Waals surface area (Å²) in [5.74, 6) is -0.556. The Morgan fingerprint density at radius 2 is 2.31 bits per heavy atom. The molecule has 82 valence electrons. The van der Waals surface area contributed by atoms with Crippen LogP contribution in [0.2, 0.25) is 5.15 Å². The van der Waals surface area contributed by atoms with Crippen molar-refractivity contribution in [2.24, 2.45) is 0 Å². The van der Waals surface area contributed by atoms with Gasteiger partial charge in [-0.15, -0.1) is 15.0 Å². The number of esters is 1. The predicted molar refractivity (Wildman–Crippen MR) is 53.3 cm³/mol. The Kier molecular flexibility index (Phi) is 2.78. The van der Waals surface area contributed by atoms with Crippen molar-refractivity contribution in [2.45, 2.75) is 0 Å². The topological polar surface area (TPSA) is 82.8 Å². The van der Waals surface area contributed by atoms with Crippen LogP contribution in [0.4, 0.5) is 0 Å². The number of carbonyl (C=O) groups excluding carboxylic acids is 1. The molecule has 0 bridgehead atoms. The van der Waals surface area contributed by atoms with Crippen LogP contribution in [0.1, 0.15) is 10.5 Å². The molecule has 8 heteroatoms. The quantitative estimate of drug-likeness (QED) is 0.710. The molecular weight excluding hydrogens is 234 g/mol.